The summed E-state index contributed by atoms with van der Waals surface area (Å²) >= 11 is 0. The van der Waals surface area contributed by atoms with Gasteiger partial charge in [-0.05, 0) is 60.6 Å². The molecular weight excluding hydrogens is 402 g/mol. The van der Waals surface area contributed by atoms with Gasteiger partial charge in [-0.15, -0.1) is 0 Å². The van der Waals surface area contributed by atoms with E-state index in [4.69, 9.17) is 0 Å². The van der Waals surface area contributed by atoms with Crippen molar-refractivity contribution in [2.45, 2.75) is 38.8 Å². The smallest absolute Gasteiger partial charge is 0.253 e. The van der Waals surface area contributed by atoms with E-state index in [0.29, 0.717) is 25.4 Å². The number of amides is 2. The Balaban J connectivity index is 1.20. The van der Waals surface area contributed by atoms with Gasteiger partial charge < -0.3 is 10.2 Å². The van der Waals surface area contributed by atoms with Crippen LogP contribution in [0.2, 0.25) is 0 Å². The molecule has 2 amide bonds. The van der Waals surface area contributed by atoms with Crippen LogP contribution in [0.4, 0.5) is 0 Å². The average molecular weight is 432 g/mol. The maximum Gasteiger partial charge on any atom is 0.253 e. The summed E-state index contributed by atoms with van der Waals surface area (Å²) in [5.74, 6) is 0.635. The molecule has 0 unspecified atom stereocenters. The van der Waals surface area contributed by atoms with Crippen LogP contribution in [0.5, 0.6) is 0 Å². The summed E-state index contributed by atoms with van der Waals surface area (Å²) in [5, 5.41) is 7.19. The molecule has 1 aliphatic heterocycles. The molecule has 3 aromatic rings. The maximum atomic E-state index is 13.0. The van der Waals surface area contributed by atoms with E-state index in [9.17, 15) is 9.59 Å². The second-order valence-electron chi connectivity index (χ2n) is 8.32. The molecular formula is C25H29N5O2. The fourth-order valence-electron chi connectivity index (χ4n) is 4.12. The van der Waals surface area contributed by atoms with E-state index in [2.05, 4.69) is 15.4 Å². The Morgan fingerprint density at radius 2 is 1.88 bits per heavy atom. The van der Waals surface area contributed by atoms with Crippen molar-refractivity contribution in [3.05, 3.63) is 83.9 Å². The first-order valence-electron chi connectivity index (χ1n) is 11.2. The van der Waals surface area contributed by atoms with E-state index in [0.717, 1.165) is 49.0 Å². The number of carbonyl (C=O) groups is 2. The minimum atomic E-state index is 0.0707. The first-order valence-corrected chi connectivity index (χ1v) is 11.2. The molecule has 0 atom stereocenters. The van der Waals surface area contributed by atoms with E-state index in [1.165, 1.54) is 0 Å². The van der Waals surface area contributed by atoms with Crippen molar-refractivity contribution >= 4 is 11.8 Å². The second-order valence-corrected chi connectivity index (χ2v) is 8.32. The molecule has 3 heterocycles. The van der Waals surface area contributed by atoms with E-state index in [1.54, 1.807) is 18.6 Å². The molecule has 0 saturated carbocycles. The summed E-state index contributed by atoms with van der Waals surface area (Å²) in [6, 6.07) is 13.5. The Kier molecular flexibility index (Phi) is 7.27. The molecule has 4 rings (SSSR count). The lowest BCUT2D eigenvalue weighted by atomic mass is 9.91. The minimum Gasteiger partial charge on any atom is -0.352 e. The van der Waals surface area contributed by atoms with Crippen LogP contribution in [0, 0.1) is 5.92 Å². The fraction of sp³-hybridized carbons (Fsp3) is 0.360. The van der Waals surface area contributed by atoms with Gasteiger partial charge >= 0.3 is 0 Å². The highest BCUT2D eigenvalue weighted by Crippen LogP contribution is 2.23. The molecule has 2 aromatic heterocycles. The highest BCUT2D eigenvalue weighted by Gasteiger charge is 2.24. The lowest BCUT2D eigenvalue weighted by Gasteiger charge is -2.32. The molecule has 1 aromatic carbocycles. The molecule has 1 N–H and O–H groups in total. The summed E-state index contributed by atoms with van der Waals surface area (Å²) in [6.45, 7) is 2.65. The second kappa shape index (κ2) is 10.7. The molecule has 1 aliphatic rings. The Morgan fingerprint density at radius 1 is 1.03 bits per heavy atom. The van der Waals surface area contributed by atoms with E-state index >= 15 is 0 Å². The number of piperidine rings is 1. The monoisotopic (exact) mass is 431 g/mol. The zero-order chi connectivity index (χ0) is 22.2. The minimum absolute atomic E-state index is 0.0707. The molecule has 7 nitrogen and oxygen atoms in total. The van der Waals surface area contributed by atoms with Gasteiger partial charge in [-0.25, -0.2) is 0 Å². The summed E-state index contributed by atoms with van der Waals surface area (Å²) in [5.41, 5.74) is 2.79. The van der Waals surface area contributed by atoms with Crippen molar-refractivity contribution in [3.8, 4) is 0 Å². The lowest BCUT2D eigenvalue weighted by Crippen LogP contribution is -2.38. The van der Waals surface area contributed by atoms with Crippen LogP contribution in [-0.4, -0.2) is 44.6 Å². The Bertz CT molecular complexity index is 1010. The molecule has 0 spiro atoms. The third-order valence-corrected chi connectivity index (χ3v) is 5.97. The number of carbonyl (C=O) groups excluding carboxylic acids is 2. The molecule has 1 fully saturated rings. The highest BCUT2D eigenvalue weighted by molar-refractivity contribution is 5.94. The molecule has 166 valence electrons. The summed E-state index contributed by atoms with van der Waals surface area (Å²) in [4.78, 5) is 31.1. The van der Waals surface area contributed by atoms with Crippen LogP contribution in [-0.2, 0) is 17.9 Å². The zero-order valence-electron chi connectivity index (χ0n) is 18.2. The van der Waals surface area contributed by atoms with Crippen molar-refractivity contribution in [1.29, 1.82) is 0 Å². The van der Waals surface area contributed by atoms with Crippen molar-refractivity contribution < 1.29 is 9.59 Å². The third kappa shape index (κ3) is 6.03. The molecule has 0 bridgehead atoms. The molecule has 32 heavy (non-hydrogen) atoms. The average Bonchev–Trinajstić information content (AvgIpc) is 3.35. The standard InChI is InChI=1S/C25H29N5O2/c31-24(27-18-22-5-2-11-26-17-22)8-7-20-9-14-29(15-10-20)25(32)23-6-1-4-21(16-23)19-30-13-3-12-28-30/h1-6,11-13,16-17,20H,7-10,14-15,18-19H2,(H,27,31). The highest BCUT2D eigenvalue weighted by atomic mass is 16.2. The van der Waals surface area contributed by atoms with Crippen molar-refractivity contribution in [3.63, 3.8) is 0 Å². The van der Waals surface area contributed by atoms with Crippen LogP contribution in [0.15, 0.2) is 67.3 Å². The third-order valence-electron chi connectivity index (χ3n) is 5.97. The number of nitrogens with one attached hydrogen (secondary N) is 1. The number of rotatable bonds is 8. The van der Waals surface area contributed by atoms with Crippen LogP contribution in [0.3, 0.4) is 0 Å². The van der Waals surface area contributed by atoms with Gasteiger partial charge in [0, 0.05) is 56.4 Å². The lowest BCUT2D eigenvalue weighted by molar-refractivity contribution is -0.121. The molecule has 0 radical (unpaired) electrons. The SMILES string of the molecule is O=C(CCC1CCN(C(=O)c2cccc(Cn3cccn3)c2)CC1)NCc1cccnc1. The van der Waals surface area contributed by atoms with E-state index < -0.39 is 0 Å². The first kappa shape index (κ1) is 21.7. The van der Waals surface area contributed by atoms with Gasteiger partial charge in [0.1, 0.15) is 0 Å². The summed E-state index contributed by atoms with van der Waals surface area (Å²) < 4.78 is 1.85. The van der Waals surface area contributed by atoms with Gasteiger partial charge in [-0.1, -0.05) is 18.2 Å². The first-order chi connectivity index (χ1) is 15.7. The largest absolute Gasteiger partial charge is 0.352 e. The number of likely N-dealkylation sites (tertiary alicyclic amines) is 1. The van der Waals surface area contributed by atoms with Gasteiger partial charge in [-0.3, -0.25) is 19.3 Å². The molecule has 1 saturated heterocycles. The van der Waals surface area contributed by atoms with Gasteiger partial charge in [0.05, 0.1) is 6.54 Å². The summed E-state index contributed by atoms with van der Waals surface area (Å²) in [6.07, 6.45) is 10.4. The summed E-state index contributed by atoms with van der Waals surface area (Å²) in [7, 11) is 0. The predicted molar refractivity (Wildman–Crippen MR) is 122 cm³/mol. The predicted octanol–water partition coefficient (Wildman–Crippen LogP) is 3.28. The van der Waals surface area contributed by atoms with Crippen molar-refractivity contribution in [1.82, 2.24) is 25.0 Å². The van der Waals surface area contributed by atoms with Crippen LogP contribution >= 0.6 is 0 Å². The topological polar surface area (TPSA) is 80.1 Å². The van der Waals surface area contributed by atoms with Crippen molar-refractivity contribution in [2.24, 2.45) is 5.92 Å². The van der Waals surface area contributed by atoms with E-state index in [1.807, 2.05) is 58.2 Å². The molecule has 0 aliphatic carbocycles. The number of hydrogen-bond acceptors (Lipinski definition) is 4. The van der Waals surface area contributed by atoms with Crippen LogP contribution in [0.1, 0.15) is 47.2 Å². The molecule has 7 heteroatoms. The van der Waals surface area contributed by atoms with Gasteiger partial charge in [0.2, 0.25) is 5.91 Å². The van der Waals surface area contributed by atoms with E-state index in [-0.39, 0.29) is 11.8 Å². The maximum absolute atomic E-state index is 13.0. The van der Waals surface area contributed by atoms with Crippen LogP contribution < -0.4 is 5.32 Å². The number of benzene rings is 1. The number of aromatic nitrogens is 3. The number of hydrogen-bond donors (Lipinski definition) is 1. The van der Waals surface area contributed by atoms with Crippen LogP contribution in [0.25, 0.3) is 0 Å². The fourth-order valence-corrected chi connectivity index (χ4v) is 4.12. The van der Waals surface area contributed by atoms with Gasteiger partial charge in [0.15, 0.2) is 0 Å². The van der Waals surface area contributed by atoms with Crippen molar-refractivity contribution in [2.75, 3.05) is 13.1 Å². The normalized spacial score (nSPS) is 14.3. The van der Waals surface area contributed by atoms with Gasteiger partial charge in [-0.2, -0.15) is 5.10 Å². The quantitative estimate of drug-likeness (QED) is 0.594. The van der Waals surface area contributed by atoms with Gasteiger partial charge in [0.25, 0.3) is 5.91 Å². The number of pyridine rings is 1. The Hall–Kier alpha value is -3.48. The Morgan fingerprint density at radius 3 is 2.62 bits per heavy atom. The number of nitrogens with zero attached hydrogens (tertiary/aromatic N) is 4. The zero-order valence-corrected chi connectivity index (χ0v) is 18.2. The Labute approximate surface area is 188 Å².